The fraction of sp³-hybridized carbons (Fsp3) is 0.444. The van der Waals surface area contributed by atoms with Gasteiger partial charge in [-0.25, -0.2) is 0 Å². The maximum absolute atomic E-state index is 7.42. The first kappa shape index (κ1) is 8.60. The Balaban J connectivity index is 2.75. The molecule has 60 valence electrons. The predicted octanol–water partition coefficient (Wildman–Crippen LogP) is 3.20. The summed E-state index contributed by atoms with van der Waals surface area (Å²) in [7, 11) is 0. The van der Waals surface area contributed by atoms with Crippen molar-refractivity contribution in [3.05, 3.63) is 23.1 Å². The highest BCUT2D eigenvalue weighted by Gasteiger charge is 2.17. The average molecular weight is 167 g/mol. The fourth-order valence-electron chi connectivity index (χ4n) is 0.977. The van der Waals surface area contributed by atoms with Crippen molar-refractivity contribution in [1.82, 2.24) is 0 Å². The number of allylic oxidation sites excluding steroid dienone is 2. The third kappa shape index (κ3) is 2.22. The number of rotatable bonds is 1. The number of hydrogen-bond donors (Lipinski definition) is 1. The highest BCUT2D eigenvalue weighted by atomic mass is 32.2. The summed E-state index contributed by atoms with van der Waals surface area (Å²) in [5, 5.41) is 8.14. The standard InChI is InChI=1S/C9H13NS/c1-6(2)4-8-7(3)5-9(10)11-8/h4,6,10H,3,5H2,1-2H3/b8-4-,10-9?. The molecule has 1 rings (SSSR count). The van der Waals surface area contributed by atoms with Crippen molar-refractivity contribution in [2.45, 2.75) is 20.3 Å². The van der Waals surface area contributed by atoms with Crippen molar-refractivity contribution in [3.63, 3.8) is 0 Å². The Morgan fingerprint density at radius 2 is 2.27 bits per heavy atom. The van der Waals surface area contributed by atoms with Gasteiger partial charge >= 0.3 is 0 Å². The molecule has 11 heavy (non-hydrogen) atoms. The number of hydrogen-bond acceptors (Lipinski definition) is 2. The van der Waals surface area contributed by atoms with Gasteiger partial charge in [-0.1, -0.05) is 38.3 Å². The third-order valence-corrected chi connectivity index (χ3v) is 2.48. The van der Waals surface area contributed by atoms with E-state index < -0.39 is 0 Å². The van der Waals surface area contributed by atoms with Crippen LogP contribution in [0.5, 0.6) is 0 Å². The van der Waals surface area contributed by atoms with Gasteiger partial charge in [-0.2, -0.15) is 0 Å². The second-order valence-electron chi connectivity index (χ2n) is 3.08. The Kier molecular flexibility index (Phi) is 2.55. The molecule has 2 heteroatoms. The Labute approximate surface area is 72.1 Å². The van der Waals surface area contributed by atoms with Gasteiger partial charge in [0.25, 0.3) is 0 Å². The molecule has 0 atom stereocenters. The van der Waals surface area contributed by atoms with E-state index >= 15 is 0 Å². The molecule has 0 aliphatic carbocycles. The molecule has 0 radical (unpaired) electrons. The van der Waals surface area contributed by atoms with Gasteiger partial charge in [-0.05, 0) is 11.5 Å². The van der Waals surface area contributed by atoms with Gasteiger partial charge < -0.3 is 0 Å². The lowest BCUT2D eigenvalue weighted by Crippen LogP contribution is -1.81. The van der Waals surface area contributed by atoms with Crippen LogP contribution in [0.2, 0.25) is 0 Å². The Bertz CT molecular complexity index is 226. The minimum Gasteiger partial charge on any atom is -0.298 e. The molecule has 0 amide bonds. The summed E-state index contributed by atoms with van der Waals surface area (Å²) in [6.45, 7) is 8.19. The first-order valence-corrected chi connectivity index (χ1v) is 4.56. The van der Waals surface area contributed by atoms with Crippen LogP contribution in [0.4, 0.5) is 0 Å². The number of nitrogens with one attached hydrogen (secondary N) is 1. The number of thioether (sulfide) groups is 1. The molecule has 1 N–H and O–H groups in total. The van der Waals surface area contributed by atoms with E-state index in [1.807, 2.05) is 0 Å². The summed E-state index contributed by atoms with van der Waals surface area (Å²) in [5.74, 6) is 0.556. The van der Waals surface area contributed by atoms with Gasteiger partial charge in [-0.3, -0.25) is 5.41 Å². The molecule has 0 aromatic rings. The van der Waals surface area contributed by atoms with E-state index in [4.69, 9.17) is 5.41 Å². The molecule has 0 aromatic carbocycles. The van der Waals surface area contributed by atoms with Crippen molar-refractivity contribution >= 4 is 16.8 Å². The molecule has 1 nitrogen and oxygen atoms in total. The van der Waals surface area contributed by atoms with Gasteiger partial charge in [0.1, 0.15) is 0 Å². The molecular weight excluding hydrogens is 154 g/mol. The molecule has 0 aromatic heterocycles. The van der Waals surface area contributed by atoms with Crippen LogP contribution < -0.4 is 0 Å². The Morgan fingerprint density at radius 1 is 1.64 bits per heavy atom. The monoisotopic (exact) mass is 167 g/mol. The normalized spacial score (nSPS) is 22.3. The van der Waals surface area contributed by atoms with Crippen molar-refractivity contribution in [2.75, 3.05) is 0 Å². The summed E-state index contributed by atoms with van der Waals surface area (Å²) in [6, 6.07) is 0. The quantitative estimate of drug-likeness (QED) is 0.637. The van der Waals surface area contributed by atoms with E-state index in [2.05, 4.69) is 26.5 Å². The zero-order valence-electron chi connectivity index (χ0n) is 6.98. The summed E-state index contributed by atoms with van der Waals surface area (Å²) >= 11 is 1.55. The summed E-state index contributed by atoms with van der Waals surface area (Å²) in [6.07, 6.45) is 2.93. The zero-order valence-corrected chi connectivity index (χ0v) is 7.79. The van der Waals surface area contributed by atoms with Crippen molar-refractivity contribution in [1.29, 1.82) is 5.41 Å². The summed E-state index contributed by atoms with van der Waals surface area (Å²) in [5.41, 5.74) is 1.11. The van der Waals surface area contributed by atoms with Crippen LogP contribution in [0.3, 0.4) is 0 Å². The molecule has 1 aliphatic rings. The molecule has 0 bridgehead atoms. The van der Waals surface area contributed by atoms with Gasteiger partial charge in [0.15, 0.2) is 0 Å². The topological polar surface area (TPSA) is 23.9 Å². The highest BCUT2D eigenvalue weighted by Crippen LogP contribution is 2.36. The van der Waals surface area contributed by atoms with Gasteiger partial charge in [0.2, 0.25) is 0 Å². The van der Waals surface area contributed by atoms with Crippen LogP contribution >= 0.6 is 11.8 Å². The van der Waals surface area contributed by atoms with E-state index in [0.717, 1.165) is 17.0 Å². The third-order valence-electron chi connectivity index (χ3n) is 1.44. The van der Waals surface area contributed by atoms with Crippen LogP contribution in [0, 0.1) is 11.3 Å². The van der Waals surface area contributed by atoms with Crippen LogP contribution in [0.1, 0.15) is 20.3 Å². The van der Waals surface area contributed by atoms with Crippen molar-refractivity contribution in [3.8, 4) is 0 Å². The van der Waals surface area contributed by atoms with Crippen LogP contribution in [0.15, 0.2) is 23.1 Å². The van der Waals surface area contributed by atoms with E-state index in [1.165, 1.54) is 4.91 Å². The van der Waals surface area contributed by atoms with E-state index in [9.17, 15) is 0 Å². The van der Waals surface area contributed by atoms with Gasteiger partial charge in [0.05, 0.1) is 5.04 Å². The molecule has 0 saturated carbocycles. The smallest absolute Gasteiger partial charge is 0.0733 e. The first-order valence-electron chi connectivity index (χ1n) is 3.75. The largest absolute Gasteiger partial charge is 0.298 e. The molecule has 0 spiro atoms. The van der Waals surface area contributed by atoms with Crippen LogP contribution in [-0.2, 0) is 0 Å². The second-order valence-corrected chi connectivity index (χ2v) is 4.22. The van der Waals surface area contributed by atoms with Crippen molar-refractivity contribution < 1.29 is 0 Å². The molecule has 1 fully saturated rings. The SMILES string of the molecule is C=C1CC(=N)S/C1=C\C(C)C. The Hall–Kier alpha value is -0.500. The maximum atomic E-state index is 7.42. The lowest BCUT2D eigenvalue weighted by Gasteiger charge is -1.98. The van der Waals surface area contributed by atoms with E-state index in [0.29, 0.717) is 5.92 Å². The fourth-order valence-corrected chi connectivity index (χ4v) is 2.05. The van der Waals surface area contributed by atoms with E-state index in [-0.39, 0.29) is 0 Å². The van der Waals surface area contributed by atoms with Gasteiger partial charge in [-0.15, -0.1) is 0 Å². The molecule has 1 heterocycles. The average Bonchev–Trinajstić information content (AvgIpc) is 2.09. The molecule has 0 unspecified atom stereocenters. The molecule has 1 aliphatic heterocycles. The zero-order chi connectivity index (χ0) is 8.43. The summed E-state index contributed by atoms with van der Waals surface area (Å²) in [4.78, 5) is 1.20. The minimum atomic E-state index is 0.556. The van der Waals surface area contributed by atoms with Gasteiger partial charge in [0, 0.05) is 11.3 Å². The maximum Gasteiger partial charge on any atom is 0.0733 e. The summed E-state index contributed by atoms with van der Waals surface area (Å²) < 4.78 is 0. The van der Waals surface area contributed by atoms with Crippen LogP contribution in [0.25, 0.3) is 0 Å². The van der Waals surface area contributed by atoms with Crippen LogP contribution in [-0.4, -0.2) is 5.04 Å². The predicted molar refractivity (Wildman–Crippen MR) is 52.0 cm³/mol. The van der Waals surface area contributed by atoms with Crippen molar-refractivity contribution in [2.24, 2.45) is 5.92 Å². The molecular formula is C9H13NS. The Morgan fingerprint density at radius 3 is 2.64 bits per heavy atom. The van der Waals surface area contributed by atoms with E-state index in [1.54, 1.807) is 11.8 Å². The minimum absolute atomic E-state index is 0.556. The lowest BCUT2D eigenvalue weighted by molar-refractivity contribution is 0.829. The second kappa shape index (κ2) is 3.26. The first-order chi connectivity index (χ1) is 5.09. The highest BCUT2D eigenvalue weighted by molar-refractivity contribution is 8.17. The molecule has 1 saturated heterocycles. The lowest BCUT2D eigenvalue weighted by atomic mass is 10.1.